The molecule has 0 radical (unpaired) electrons. The summed E-state index contributed by atoms with van der Waals surface area (Å²) >= 11 is 0. The Bertz CT molecular complexity index is 1250. The molecule has 0 heterocycles. The number of esters is 3. The molecule has 0 saturated heterocycles. The molecule has 0 bridgehead atoms. The summed E-state index contributed by atoms with van der Waals surface area (Å²) in [4.78, 5) is 37.7. The van der Waals surface area contributed by atoms with Crippen LogP contribution in [-0.2, 0) is 28.6 Å². The molecular weight excluding hydrogens is 793 g/mol. The second-order valence-corrected chi connectivity index (χ2v) is 17.4. The average molecular weight is 891 g/mol. The lowest BCUT2D eigenvalue weighted by molar-refractivity contribution is -0.167. The molecule has 0 rings (SSSR count). The highest BCUT2D eigenvalue weighted by Gasteiger charge is 2.19. The maximum absolute atomic E-state index is 12.7. The molecule has 0 spiro atoms. The third-order valence-corrected chi connectivity index (χ3v) is 11.1. The normalized spacial score (nSPS) is 12.7. The maximum Gasteiger partial charge on any atom is 0.306 e. The minimum atomic E-state index is -0.780. The van der Waals surface area contributed by atoms with E-state index in [1.807, 2.05) is 0 Å². The van der Waals surface area contributed by atoms with Gasteiger partial charge in [0.2, 0.25) is 0 Å². The van der Waals surface area contributed by atoms with Crippen LogP contribution in [0.15, 0.2) is 85.1 Å². The zero-order valence-electron chi connectivity index (χ0n) is 41.8. The van der Waals surface area contributed by atoms with E-state index >= 15 is 0 Å². The van der Waals surface area contributed by atoms with Crippen molar-refractivity contribution < 1.29 is 28.6 Å². The Hall–Kier alpha value is -3.41. The van der Waals surface area contributed by atoms with Crippen molar-refractivity contribution >= 4 is 17.9 Å². The summed E-state index contributed by atoms with van der Waals surface area (Å²) in [6.45, 7) is 6.38. The van der Waals surface area contributed by atoms with E-state index < -0.39 is 6.10 Å². The molecule has 64 heavy (non-hydrogen) atoms. The van der Waals surface area contributed by atoms with Crippen LogP contribution in [0.1, 0.15) is 245 Å². The zero-order valence-corrected chi connectivity index (χ0v) is 41.8. The van der Waals surface area contributed by atoms with Crippen LogP contribution in [0.2, 0.25) is 0 Å². The van der Waals surface area contributed by atoms with Gasteiger partial charge in [0, 0.05) is 19.3 Å². The molecule has 0 N–H and O–H groups in total. The summed E-state index contributed by atoms with van der Waals surface area (Å²) in [6, 6.07) is 0. The summed E-state index contributed by atoms with van der Waals surface area (Å²) in [5.41, 5.74) is 0. The third-order valence-electron chi connectivity index (χ3n) is 11.1. The van der Waals surface area contributed by atoms with Gasteiger partial charge in [-0.15, -0.1) is 0 Å². The summed E-state index contributed by atoms with van der Waals surface area (Å²) in [6.07, 6.45) is 67.6. The van der Waals surface area contributed by atoms with Crippen molar-refractivity contribution in [3.05, 3.63) is 85.1 Å². The van der Waals surface area contributed by atoms with E-state index in [-0.39, 0.29) is 31.1 Å². The number of carbonyl (C=O) groups is 3. The highest BCUT2D eigenvalue weighted by Crippen LogP contribution is 2.14. The lowest BCUT2D eigenvalue weighted by Gasteiger charge is -2.18. The Balaban J connectivity index is 4.09. The summed E-state index contributed by atoms with van der Waals surface area (Å²) in [5.74, 6) is -0.915. The molecule has 0 amide bonds. The second-order valence-electron chi connectivity index (χ2n) is 17.4. The van der Waals surface area contributed by atoms with Crippen molar-refractivity contribution in [2.24, 2.45) is 0 Å². The van der Waals surface area contributed by atoms with Crippen molar-refractivity contribution in [1.29, 1.82) is 0 Å². The summed E-state index contributed by atoms with van der Waals surface area (Å²) in [7, 11) is 0. The monoisotopic (exact) mass is 891 g/mol. The largest absolute Gasteiger partial charge is 0.462 e. The first kappa shape index (κ1) is 60.6. The van der Waals surface area contributed by atoms with Crippen LogP contribution in [0.3, 0.4) is 0 Å². The van der Waals surface area contributed by atoms with Gasteiger partial charge < -0.3 is 14.2 Å². The van der Waals surface area contributed by atoms with Gasteiger partial charge in [-0.05, 0) is 89.9 Å². The van der Waals surface area contributed by atoms with Crippen LogP contribution in [0.25, 0.3) is 0 Å². The molecule has 0 aliphatic carbocycles. The van der Waals surface area contributed by atoms with Gasteiger partial charge in [0.25, 0.3) is 0 Å². The molecule has 1 atom stereocenters. The van der Waals surface area contributed by atoms with Crippen LogP contribution in [0.5, 0.6) is 0 Å². The first-order chi connectivity index (χ1) is 31.5. The third kappa shape index (κ3) is 49.6. The topological polar surface area (TPSA) is 78.9 Å². The van der Waals surface area contributed by atoms with E-state index in [9.17, 15) is 14.4 Å². The van der Waals surface area contributed by atoms with Crippen LogP contribution in [0, 0.1) is 0 Å². The Labute approximate surface area is 395 Å². The number of hydrogen-bond donors (Lipinski definition) is 0. The lowest BCUT2D eigenvalue weighted by atomic mass is 10.0. The van der Waals surface area contributed by atoms with E-state index in [0.29, 0.717) is 19.3 Å². The fraction of sp³-hybridized carbons (Fsp3) is 0.707. The number of ether oxygens (including phenoxy) is 3. The highest BCUT2D eigenvalue weighted by molar-refractivity contribution is 5.71. The first-order valence-electron chi connectivity index (χ1n) is 26.6. The van der Waals surface area contributed by atoms with E-state index in [4.69, 9.17) is 14.2 Å². The Morgan fingerprint density at radius 2 is 0.625 bits per heavy atom. The van der Waals surface area contributed by atoms with Crippen LogP contribution in [0.4, 0.5) is 0 Å². The molecule has 0 aromatic rings. The second kappa shape index (κ2) is 52.2. The van der Waals surface area contributed by atoms with Crippen LogP contribution in [-0.4, -0.2) is 37.2 Å². The van der Waals surface area contributed by atoms with Gasteiger partial charge in [-0.1, -0.05) is 221 Å². The molecule has 0 aliphatic heterocycles. The van der Waals surface area contributed by atoms with Gasteiger partial charge in [0.15, 0.2) is 6.10 Å². The SMILES string of the molecule is CC/C=C\C/C=C\C/C=C\C/C=C\C/C=C\CCCCCCCCCCCCCC(=O)OCC(COC(=O)CCCCCCC)OC(=O)CCCCCCC/C=C\C/C=C\CCCC. The molecule has 6 nitrogen and oxygen atoms in total. The smallest absolute Gasteiger partial charge is 0.306 e. The Morgan fingerprint density at radius 1 is 0.328 bits per heavy atom. The fourth-order valence-electron chi connectivity index (χ4n) is 7.13. The molecule has 366 valence electrons. The van der Waals surface area contributed by atoms with Crippen molar-refractivity contribution in [2.75, 3.05) is 13.2 Å². The van der Waals surface area contributed by atoms with Crippen molar-refractivity contribution in [2.45, 2.75) is 252 Å². The van der Waals surface area contributed by atoms with Crippen LogP contribution < -0.4 is 0 Å². The van der Waals surface area contributed by atoms with E-state index in [0.717, 1.165) is 122 Å². The number of carbonyl (C=O) groups excluding carboxylic acids is 3. The molecule has 0 aliphatic rings. The predicted molar refractivity (Wildman–Crippen MR) is 274 cm³/mol. The number of allylic oxidation sites excluding steroid dienone is 14. The van der Waals surface area contributed by atoms with Gasteiger partial charge in [-0.3, -0.25) is 14.4 Å². The van der Waals surface area contributed by atoms with Gasteiger partial charge in [0.05, 0.1) is 0 Å². The first-order valence-corrected chi connectivity index (χ1v) is 26.6. The number of hydrogen-bond acceptors (Lipinski definition) is 6. The fourth-order valence-corrected chi connectivity index (χ4v) is 7.13. The van der Waals surface area contributed by atoms with Gasteiger partial charge in [-0.2, -0.15) is 0 Å². The maximum atomic E-state index is 12.7. The standard InChI is InChI=1S/C58H98O6/c1-4-7-10-13-15-17-19-21-23-24-25-26-27-28-29-30-31-32-33-34-35-37-38-40-42-45-48-51-57(60)63-54-55(53-62-56(59)50-47-44-12-9-6-3)64-58(61)52-49-46-43-41-39-36-22-20-18-16-14-11-8-5-2/h7,10,14-17,20-23,25-26,28-29,55H,4-6,8-9,11-13,18-19,24,27,30-54H2,1-3H3/b10-7-,16-14-,17-15-,22-20-,23-21-,26-25-,29-28-. The lowest BCUT2D eigenvalue weighted by Crippen LogP contribution is -2.30. The Kier molecular flexibility index (Phi) is 49.4. The van der Waals surface area contributed by atoms with E-state index in [1.54, 1.807) is 0 Å². The molecule has 1 unspecified atom stereocenters. The summed E-state index contributed by atoms with van der Waals surface area (Å²) in [5, 5.41) is 0. The van der Waals surface area contributed by atoms with E-state index in [1.165, 1.54) is 83.5 Å². The quantitative estimate of drug-likeness (QED) is 0.0262. The van der Waals surface area contributed by atoms with Crippen molar-refractivity contribution in [1.82, 2.24) is 0 Å². The van der Waals surface area contributed by atoms with Crippen LogP contribution >= 0.6 is 0 Å². The minimum absolute atomic E-state index is 0.0834. The minimum Gasteiger partial charge on any atom is -0.462 e. The van der Waals surface area contributed by atoms with Crippen molar-refractivity contribution in [3.8, 4) is 0 Å². The molecule has 0 aromatic heterocycles. The molecule has 6 heteroatoms. The molecule has 0 fully saturated rings. The molecular formula is C58H98O6. The van der Waals surface area contributed by atoms with Gasteiger partial charge >= 0.3 is 17.9 Å². The van der Waals surface area contributed by atoms with Gasteiger partial charge in [-0.25, -0.2) is 0 Å². The van der Waals surface area contributed by atoms with E-state index in [2.05, 4.69) is 106 Å². The number of unbranched alkanes of at least 4 members (excludes halogenated alkanes) is 22. The van der Waals surface area contributed by atoms with Gasteiger partial charge in [0.1, 0.15) is 13.2 Å². The Morgan fingerprint density at radius 3 is 1.00 bits per heavy atom. The zero-order chi connectivity index (χ0) is 46.5. The average Bonchev–Trinajstić information content (AvgIpc) is 3.29. The molecule has 0 saturated carbocycles. The molecule has 0 aromatic carbocycles. The summed E-state index contributed by atoms with van der Waals surface area (Å²) < 4.78 is 16.7. The van der Waals surface area contributed by atoms with Crippen molar-refractivity contribution in [3.63, 3.8) is 0 Å². The predicted octanol–water partition coefficient (Wildman–Crippen LogP) is 17.6. The number of rotatable bonds is 47. The highest BCUT2D eigenvalue weighted by atomic mass is 16.6.